The molecule has 1 aliphatic rings. The Morgan fingerprint density at radius 3 is 2.82 bits per heavy atom. The van der Waals surface area contributed by atoms with Crippen LogP contribution in [0, 0.1) is 0 Å². The standard InChI is InChI=1S/C15H16N2O3S2/c18-13(17-7-3-4-8-17)9-20-14(19)10-21-15-16-11-5-1-2-6-12(11)22-15/h1-2,5-6H,3-4,7-10H2. The van der Waals surface area contributed by atoms with Crippen LogP contribution in [0.25, 0.3) is 10.2 Å². The molecule has 1 amide bonds. The summed E-state index contributed by atoms with van der Waals surface area (Å²) in [5, 5.41) is 0. The molecular weight excluding hydrogens is 320 g/mol. The van der Waals surface area contributed by atoms with Gasteiger partial charge in [0, 0.05) is 13.1 Å². The Morgan fingerprint density at radius 2 is 2.05 bits per heavy atom. The van der Waals surface area contributed by atoms with Crippen LogP contribution in [0.4, 0.5) is 0 Å². The maximum Gasteiger partial charge on any atom is 0.316 e. The van der Waals surface area contributed by atoms with Gasteiger partial charge in [0.15, 0.2) is 10.9 Å². The van der Waals surface area contributed by atoms with Gasteiger partial charge in [-0.05, 0) is 25.0 Å². The van der Waals surface area contributed by atoms with Crippen molar-refractivity contribution in [2.45, 2.75) is 17.2 Å². The molecule has 7 heteroatoms. The van der Waals surface area contributed by atoms with Crippen LogP contribution in [0.2, 0.25) is 0 Å². The molecule has 0 bridgehead atoms. The van der Waals surface area contributed by atoms with Crippen molar-refractivity contribution >= 4 is 45.2 Å². The molecule has 2 aromatic rings. The van der Waals surface area contributed by atoms with Crippen molar-refractivity contribution in [2.24, 2.45) is 0 Å². The summed E-state index contributed by atoms with van der Waals surface area (Å²) < 4.78 is 6.97. The molecule has 0 atom stereocenters. The molecular formula is C15H16N2O3S2. The number of aromatic nitrogens is 1. The summed E-state index contributed by atoms with van der Waals surface area (Å²) in [6.45, 7) is 1.40. The number of esters is 1. The average Bonchev–Trinajstić information content (AvgIpc) is 3.19. The molecule has 116 valence electrons. The van der Waals surface area contributed by atoms with E-state index >= 15 is 0 Å². The van der Waals surface area contributed by atoms with Crippen LogP contribution in [0.3, 0.4) is 0 Å². The minimum Gasteiger partial charge on any atom is -0.455 e. The Morgan fingerprint density at radius 1 is 1.27 bits per heavy atom. The third-order valence-corrected chi connectivity index (χ3v) is 5.56. The molecule has 2 heterocycles. The van der Waals surface area contributed by atoms with Crippen molar-refractivity contribution in [1.82, 2.24) is 9.88 Å². The van der Waals surface area contributed by atoms with E-state index in [2.05, 4.69) is 4.98 Å². The number of fused-ring (bicyclic) bond motifs is 1. The smallest absolute Gasteiger partial charge is 0.316 e. The Bertz CT molecular complexity index is 647. The molecule has 0 saturated carbocycles. The fourth-order valence-corrected chi connectivity index (χ4v) is 4.14. The summed E-state index contributed by atoms with van der Waals surface area (Å²) in [4.78, 5) is 29.7. The summed E-state index contributed by atoms with van der Waals surface area (Å²) in [6.07, 6.45) is 2.07. The van der Waals surface area contributed by atoms with Gasteiger partial charge in [-0.2, -0.15) is 0 Å². The highest BCUT2D eigenvalue weighted by Gasteiger charge is 2.19. The lowest BCUT2D eigenvalue weighted by Crippen LogP contribution is -2.32. The average molecular weight is 336 g/mol. The van der Waals surface area contributed by atoms with Crippen LogP contribution in [-0.4, -0.2) is 47.2 Å². The number of para-hydroxylation sites is 1. The Kier molecular flexibility index (Phi) is 4.94. The molecule has 5 nitrogen and oxygen atoms in total. The van der Waals surface area contributed by atoms with Crippen LogP contribution in [0.15, 0.2) is 28.6 Å². The van der Waals surface area contributed by atoms with Crippen molar-refractivity contribution in [1.29, 1.82) is 0 Å². The maximum atomic E-state index is 11.8. The molecule has 0 radical (unpaired) electrons. The number of thiazole rings is 1. The van der Waals surface area contributed by atoms with Gasteiger partial charge in [0.05, 0.1) is 16.0 Å². The van der Waals surface area contributed by atoms with E-state index in [0.29, 0.717) is 0 Å². The maximum absolute atomic E-state index is 11.8. The molecule has 3 rings (SSSR count). The van der Waals surface area contributed by atoms with Gasteiger partial charge < -0.3 is 9.64 Å². The number of carbonyl (C=O) groups excluding carboxylic acids is 2. The lowest BCUT2D eigenvalue weighted by Gasteiger charge is -2.14. The monoisotopic (exact) mass is 336 g/mol. The highest BCUT2D eigenvalue weighted by molar-refractivity contribution is 8.01. The quantitative estimate of drug-likeness (QED) is 0.620. The van der Waals surface area contributed by atoms with Crippen LogP contribution >= 0.6 is 23.1 Å². The molecule has 1 aromatic heterocycles. The lowest BCUT2D eigenvalue weighted by molar-refractivity contribution is -0.149. The first-order valence-electron chi connectivity index (χ1n) is 7.14. The Balaban J connectivity index is 1.44. The second kappa shape index (κ2) is 7.11. The van der Waals surface area contributed by atoms with E-state index in [-0.39, 0.29) is 24.2 Å². The van der Waals surface area contributed by atoms with Gasteiger partial charge in [-0.1, -0.05) is 23.9 Å². The minimum absolute atomic E-state index is 0.101. The number of hydrogen-bond donors (Lipinski definition) is 0. The number of ether oxygens (including phenoxy) is 1. The largest absolute Gasteiger partial charge is 0.455 e. The first-order valence-corrected chi connectivity index (χ1v) is 8.94. The summed E-state index contributed by atoms with van der Waals surface area (Å²) in [7, 11) is 0. The third-order valence-electron chi connectivity index (χ3n) is 3.40. The molecule has 0 unspecified atom stereocenters. The number of rotatable bonds is 5. The van der Waals surface area contributed by atoms with Gasteiger partial charge in [-0.15, -0.1) is 11.3 Å². The molecule has 0 N–H and O–H groups in total. The topological polar surface area (TPSA) is 59.5 Å². The number of carbonyl (C=O) groups is 2. The number of benzene rings is 1. The highest BCUT2D eigenvalue weighted by Crippen LogP contribution is 2.29. The SMILES string of the molecule is O=C(CSc1nc2ccccc2s1)OCC(=O)N1CCCC1. The zero-order valence-electron chi connectivity index (χ0n) is 12.0. The number of hydrogen-bond acceptors (Lipinski definition) is 6. The van der Waals surface area contributed by atoms with Gasteiger partial charge in [0.1, 0.15) is 0 Å². The zero-order valence-corrected chi connectivity index (χ0v) is 13.6. The molecule has 1 aromatic carbocycles. The second-order valence-electron chi connectivity index (χ2n) is 4.98. The summed E-state index contributed by atoms with van der Waals surface area (Å²) in [5.74, 6) is -0.305. The van der Waals surface area contributed by atoms with Crippen molar-refractivity contribution in [3.05, 3.63) is 24.3 Å². The predicted molar refractivity (Wildman–Crippen MR) is 87.1 cm³/mol. The predicted octanol–water partition coefficient (Wildman–Crippen LogP) is 2.55. The number of amides is 1. The number of nitrogens with zero attached hydrogens (tertiary/aromatic N) is 2. The number of likely N-dealkylation sites (tertiary alicyclic amines) is 1. The third kappa shape index (κ3) is 3.78. The zero-order chi connectivity index (χ0) is 15.4. The van der Waals surface area contributed by atoms with Gasteiger partial charge in [0.2, 0.25) is 0 Å². The van der Waals surface area contributed by atoms with Crippen LogP contribution in [-0.2, 0) is 14.3 Å². The van der Waals surface area contributed by atoms with Crippen molar-refractivity contribution < 1.29 is 14.3 Å². The fourth-order valence-electron chi connectivity index (χ4n) is 2.28. The van der Waals surface area contributed by atoms with E-state index in [0.717, 1.165) is 40.5 Å². The molecule has 1 saturated heterocycles. The fraction of sp³-hybridized carbons (Fsp3) is 0.400. The van der Waals surface area contributed by atoms with Crippen molar-refractivity contribution in [3.8, 4) is 0 Å². The Hall–Kier alpha value is -1.60. The minimum atomic E-state index is -0.378. The number of thioether (sulfide) groups is 1. The first kappa shape index (κ1) is 15.3. The van der Waals surface area contributed by atoms with Crippen LogP contribution in [0.5, 0.6) is 0 Å². The van der Waals surface area contributed by atoms with E-state index in [1.807, 2.05) is 24.3 Å². The normalized spacial score (nSPS) is 14.5. The van der Waals surface area contributed by atoms with Crippen LogP contribution in [0.1, 0.15) is 12.8 Å². The van der Waals surface area contributed by atoms with Gasteiger partial charge >= 0.3 is 5.97 Å². The summed E-state index contributed by atoms with van der Waals surface area (Å²) >= 11 is 2.90. The summed E-state index contributed by atoms with van der Waals surface area (Å²) in [6, 6.07) is 7.86. The lowest BCUT2D eigenvalue weighted by atomic mass is 10.3. The van der Waals surface area contributed by atoms with E-state index in [4.69, 9.17) is 4.74 Å². The molecule has 0 spiro atoms. The van der Waals surface area contributed by atoms with Crippen LogP contribution < -0.4 is 0 Å². The molecule has 0 aliphatic carbocycles. The van der Waals surface area contributed by atoms with E-state index in [1.54, 1.807) is 16.2 Å². The molecule has 1 fully saturated rings. The van der Waals surface area contributed by atoms with E-state index in [1.165, 1.54) is 11.8 Å². The molecule has 1 aliphatic heterocycles. The Labute approximate surface area is 136 Å². The van der Waals surface area contributed by atoms with Gasteiger partial charge in [0.25, 0.3) is 5.91 Å². The van der Waals surface area contributed by atoms with E-state index in [9.17, 15) is 9.59 Å². The van der Waals surface area contributed by atoms with E-state index < -0.39 is 0 Å². The highest BCUT2D eigenvalue weighted by atomic mass is 32.2. The first-order chi connectivity index (χ1) is 10.7. The summed E-state index contributed by atoms with van der Waals surface area (Å²) in [5.41, 5.74) is 0.938. The van der Waals surface area contributed by atoms with Crippen molar-refractivity contribution in [2.75, 3.05) is 25.4 Å². The van der Waals surface area contributed by atoms with Gasteiger partial charge in [-0.3, -0.25) is 9.59 Å². The van der Waals surface area contributed by atoms with Crippen molar-refractivity contribution in [3.63, 3.8) is 0 Å². The second-order valence-corrected chi connectivity index (χ2v) is 7.24. The van der Waals surface area contributed by atoms with Gasteiger partial charge in [-0.25, -0.2) is 4.98 Å². The molecule has 22 heavy (non-hydrogen) atoms.